The molecular formula is C10H13NO2. The van der Waals surface area contributed by atoms with Crippen molar-refractivity contribution in [3.8, 4) is 5.75 Å². The van der Waals surface area contributed by atoms with E-state index >= 15 is 0 Å². The van der Waals surface area contributed by atoms with Crippen LogP contribution in [-0.4, -0.2) is 30.0 Å². The molecule has 1 aromatic rings. The van der Waals surface area contributed by atoms with E-state index in [0.717, 1.165) is 5.56 Å². The van der Waals surface area contributed by atoms with Crippen LogP contribution in [0, 0.1) is 6.92 Å². The summed E-state index contributed by atoms with van der Waals surface area (Å²) >= 11 is 0. The van der Waals surface area contributed by atoms with Gasteiger partial charge in [-0.2, -0.15) is 0 Å². The lowest BCUT2D eigenvalue weighted by atomic mass is 10.1. The zero-order valence-electron chi connectivity index (χ0n) is 8.03. The van der Waals surface area contributed by atoms with Crippen molar-refractivity contribution in [3.63, 3.8) is 0 Å². The zero-order valence-corrected chi connectivity index (χ0v) is 8.03. The summed E-state index contributed by atoms with van der Waals surface area (Å²) in [5.41, 5.74) is 1.42. The predicted molar refractivity (Wildman–Crippen MR) is 50.9 cm³/mol. The Morgan fingerprint density at radius 3 is 2.46 bits per heavy atom. The highest BCUT2D eigenvalue weighted by molar-refractivity contribution is 5.95. The van der Waals surface area contributed by atoms with Crippen molar-refractivity contribution < 1.29 is 9.90 Å². The fourth-order valence-electron chi connectivity index (χ4n) is 1.13. The van der Waals surface area contributed by atoms with Gasteiger partial charge in [0.05, 0.1) is 0 Å². The largest absolute Gasteiger partial charge is 0.508 e. The van der Waals surface area contributed by atoms with Crippen molar-refractivity contribution in [2.45, 2.75) is 6.92 Å². The predicted octanol–water partition coefficient (Wildman–Crippen LogP) is 1.40. The molecular weight excluding hydrogens is 166 g/mol. The molecule has 0 saturated heterocycles. The smallest absolute Gasteiger partial charge is 0.253 e. The third kappa shape index (κ3) is 1.99. The Balaban J connectivity index is 3.09. The summed E-state index contributed by atoms with van der Waals surface area (Å²) in [7, 11) is 3.41. The molecule has 0 radical (unpaired) electrons. The van der Waals surface area contributed by atoms with Gasteiger partial charge in [0.2, 0.25) is 0 Å². The SMILES string of the molecule is Cc1cc(O)ccc1C(=O)N(C)C. The molecule has 0 aliphatic heterocycles. The number of aromatic hydroxyl groups is 1. The number of carbonyl (C=O) groups is 1. The van der Waals surface area contributed by atoms with Gasteiger partial charge < -0.3 is 10.0 Å². The van der Waals surface area contributed by atoms with Gasteiger partial charge in [0, 0.05) is 19.7 Å². The minimum Gasteiger partial charge on any atom is -0.508 e. The van der Waals surface area contributed by atoms with Gasteiger partial charge in [0.15, 0.2) is 0 Å². The van der Waals surface area contributed by atoms with Gasteiger partial charge in [-0.05, 0) is 30.7 Å². The molecule has 70 valence electrons. The molecule has 0 spiro atoms. The molecule has 0 unspecified atom stereocenters. The van der Waals surface area contributed by atoms with Gasteiger partial charge in [-0.1, -0.05) is 0 Å². The first-order valence-corrected chi connectivity index (χ1v) is 4.03. The molecule has 1 aromatic carbocycles. The maximum Gasteiger partial charge on any atom is 0.253 e. The lowest BCUT2D eigenvalue weighted by Gasteiger charge is -2.12. The number of amides is 1. The number of benzene rings is 1. The number of carbonyl (C=O) groups excluding carboxylic acids is 1. The second kappa shape index (κ2) is 3.47. The van der Waals surface area contributed by atoms with Crippen molar-refractivity contribution in [3.05, 3.63) is 29.3 Å². The lowest BCUT2D eigenvalue weighted by Crippen LogP contribution is -2.22. The highest BCUT2D eigenvalue weighted by atomic mass is 16.3. The Hall–Kier alpha value is -1.51. The summed E-state index contributed by atoms with van der Waals surface area (Å²) in [6, 6.07) is 4.73. The minimum atomic E-state index is -0.0440. The van der Waals surface area contributed by atoms with E-state index in [1.54, 1.807) is 33.2 Å². The first-order valence-electron chi connectivity index (χ1n) is 4.03. The quantitative estimate of drug-likeness (QED) is 0.708. The van der Waals surface area contributed by atoms with Crippen LogP contribution in [-0.2, 0) is 0 Å². The van der Waals surface area contributed by atoms with Gasteiger partial charge in [0.1, 0.15) is 5.75 Å². The van der Waals surface area contributed by atoms with Gasteiger partial charge in [-0.15, -0.1) is 0 Å². The molecule has 0 atom stereocenters. The van der Waals surface area contributed by atoms with Crippen LogP contribution in [0.3, 0.4) is 0 Å². The first kappa shape index (κ1) is 9.58. The Bertz CT molecular complexity index is 332. The summed E-state index contributed by atoms with van der Waals surface area (Å²) in [5, 5.41) is 9.13. The van der Waals surface area contributed by atoms with E-state index < -0.39 is 0 Å². The summed E-state index contributed by atoms with van der Waals surface area (Å²) in [4.78, 5) is 13.0. The van der Waals surface area contributed by atoms with Crippen molar-refractivity contribution in [1.29, 1.82) is 0 Å². The second-order valence-electron chi connectivity index (χ2n) is 3.20. The molecule has 0 aromatic heterocycles. The van der Waals surface area contributed by atoms with Crippen molar-refractivity contribution in [2.24, 2.45) is 0 Å². The van der Waals surface area contributed by atoms with E-state index in [1.807, 2.05) is 0 Å². The monoisotopic (exact) mass is 179 g/mol. The van der Waals surface area contributed by atoms with Crippen LogP contribution in [0.4, 0.5) is 0 Å². The maximum atomic E-state index is 11.5. The number of hydrogen-bond acceptors (Lipinski definition) is 2. The Morgan fingerprint density at radius 2 is 2.00 bits per heavy atom. The number of rotatable bonds is 1. The number of nitrogens with zero attached hydrogens (tertiary/aromatic N) is 1. The van der Waals surface area contributed by atoms with Crippen molar-refractivity contribution in [1.82, 2.24) is 4.90 Å². The van der Waals surface area contributed by atoms with Gasteiger partial charge in [-0.3, -0.25) is 4.79 Å². The number of hydrogen-bond donors (Lipinski definition) is 1. The standard InChI is InChI=1S/C10H13NO2/c1-7-6-8(12)4-5-9(7)10(13)11(2)3/h4-6,12H,1-3H3. The fraction of sp³-hybridized carbons (Fsp3) is 0.300. The molecule has 0 aliphatic rings. The molecule has 1 N–H and O–H groups in total. The molecule has 1 amide bonds. The molecule has 3 heteroatoms. The molecule has 0 bridgehead atoms. The van der Waals surface area contributed by atoms with E-state index in [4.69, 9.17) is 5.11 Å². The van der Waals surface area contributed by atoms with Crippen LogP contribution < -0.4 is 0 Å². The minimum absolute atomic E-state index is 0.0440. The van der Waals surface area contributed by atoms with Crippen LogP contribution in [0.5, 0.6) is 5.75 Å². The van der Waals surface area contributed by atoms with Crippen LogP contribution in [0.15, 0.2) is 18.2 Å². The van der Waals surface area contributed by atoms with E-state index in [1.165, 1.54) is 11.0 Å². The van der Waals surface area contributed by atoms with Gasteiger partial charge >= 0.3 is 0 Å². The van der Waals surface area contributed by atoms with Crippen LogP contribution in [0.2, 0.25) is 0 Å². The number of phenols is 1. The van der Waals surface area contributed by atoms with Gasteiger partial charge in [0.25, 0.3) is 5.91 Å². The summed E-state index contributed by atoms with van der Waals surface area (Å²) in [6.45, 7) is 1.80. The first-order chi connectivity index (χ1) is 6.02. The second-order valence-corrected chi connectivity index (χ2v) is 3.20. The number of phenolic OH excluding ortho intramolecular Hbond substituents is 1. The number of aryl methyl sites for hydroxylation is 1. The van der Waals surface area contributed by atoms with E-state index in [0.29, 0.717) is 5.56 Å². The van der Waals surface area contributed by atoms with Crippen LogP contribution >= 0.6 is 0 Å². The van der Waals surface area contributed by atoms with E-state index in [2.05, 4.69) is 0 Å². The molecule has 0 fully saturated rings. The normalized spacial score (nSPS) is 9.77. The summed E-state index contributed by atoms with van der Waals surface area (Å²) in [6.07, 6.45) is 0. The third-order valence-corrected chi connectivity index (χ3v) is 1.85. The fourth-order valence-corrected chi connectivity index (χ4v) is 1.13. The maximum absolute atomic E-state index is 11.5. The molecule has 13 heavy (non-hydrogen) atoms. The van der Waals surface area contributed by atoms with Crippen LogP contribution in [0.1, 0.15) is 15.9 Å². The van der Waals surface area contributed by atoms with E-state index in [9.17, 15) is 4.79 Å². The van der Waals surface area contributed by atoms with Crippen molar-refractivity contribution >= 4 is 5.91 Å². The molecule has 0 aliphatic carbocycles. The topological polar surface area (TPSA) is 40.5 Å². The highest BCUT2D eigenvalue weighted by Gasteiger charge is 2.10. The van der Waals surface area contributed by atoms with E-state index in [-0.39, 0.29) is 11.7 Å². The molecule has 1 rings (SSSR count). The molecule has 0 heterocycles. The zero-order chi connectivity index (χ0) is 10.0. The van der Waals surface area contributed by atoms with Crippen LogP contribution in [0.25, 0.3) is 0 Å². The average Bonchev–Trinajstić information content (AvgIpc) is 2.03. The summed E-state index contributed by atoms with van der Waals surface area (Å²) in [5.74, 6) is 0.144. The third-order valence-electron chi connectivity index (χ3n) is 1.85. The Labute approximate surface area is 77.6 Å². The molecule has 3 nitrogen and oxygen atoms in total. The molecule has 0 saturated carbocycles. The lowest BCUT2D eigenvalue weighted by molar-refractivity contribution is 0.0827. The Morgan fingerprint density at radius 1 is 1.38 bits per heavy atom. The highest BCUT2D eigenvalue weighted by Crippen LogP contribution is 2.16. The summed E-state index contributed by atoms with van der Waals surface area (Å²) < 4.78 is 0. The Kier molecular flexibility index (Phi) is 2.56. The average molecular weight is 179 g/mol. The van der Waals surface area contributed by atoms with Gasteiger partial charge in [-0.25, -0.2) is 0 Å². The van der Waals surface area contributed by atoms with Crippen molar-refractivity contribution in [2.75, 3.05) is 14.1 Å².